The van der Waals surface area contributed by atoms with E-state index < -0.39 is 27.2 Å². The van der Waals surface area contributed by atoms with Gasteiger partial charge in [0.15, 0.2) is 0 Å². The van der Waals surface area contributed by atoms with Crippen LogP contribution in [0.25, 0.3) is 10.9 Å². The summed E-state index contributed by atoms with van der Waals surface area (Å²) in [6.45, 7) is 3.00. The molecule has 0 saturated heterocycles. The first-order valence-corrected chi connectivity index (χ1v) is 8.22. The van der Waals surface area contributed by atoms with E-state index in [1.807, 2.05) is 29.0 Å². The number of carbonyl (C=O) groups is 1. The number of H-pyrrole nitrogens is 1. The van der Waals surface area contributed by atoms with Crippen molar-refractivity contribution in [3.8, 4) is 0 Å². The molecular formula is C14H19N3O3S. The molecule has 1 amide bonds. The standard InChI is InChI=1S/C14H19N3O3S/c1-9(2)21(19,20)17-14(18)12(15)7-10-8-16-13-6-4-3-5-11(10)13/h3-6,8-9,12,16H,7,15H2,1-2H3,(H,17,18)/t12-/m1/s1. The highest BCUT2D eigenvalue weighted by molar-refractivity contribution is 7.90. The van der Waals surface area contributed by atoms with Crippen LogP contribution in [0.1, 0.15) is 19.4 Å². The summed E-state index contributed by atoms with van der Waals surface area (Å²) in [6.07, 6.45) is 2.05. The summed E-state index contributed by atoms with van der Waals surface area (Å²) in [6, 6.07) is 6.74. The van der Waals surface area contributed by atoms with Gasteiger partial charge in [-0.15, -0.1) is 0 Å². The number of hydrogen-bond acceptors (Lipinski definition) is 4. The lowest BCUT2D eigenvalue weighted by Crippen LogP contribution is -2.46. The van der Waals surface area contributed by atoms with Crippen LogP contribution in [0.4, 0.5) is 0 Å². The first-order chi connectivity index (χ1) is 9.81. The number of para-hydroxylation sites is 1. The van der Waals surface area contributed by atoms with E-state index in [4.69, 9.17) is 5.73 Å². The van der Waals surface area contributed by atoms with Gasteiger partial charge in [-0.05, 0) is 31.9 Å². The van der Waals surface area contributed by atoms with Gasteiger partial charge in [-0.25, -0.2) is 8.42 Å². The topological polar surface area (TPSA) is 105 Å². The highest BCUT2D eigenvalue weighted by atomic mass is 32.2. The van der Waals surface area contributed by atoms with Crippen LogP contribution in [0.5, 0.6) is 0 Å². The minimum atomic E-state index is -3.65. The fourth-order valence-electron chi connectivity index (χ4n) is 1.96. The molecule has 0 radical (unpaired) electrons. The van der Waals surface area contributed by atoms with Crippen molar-refractivity contribution in [3.05, 3.63) is 36.0 Å². The maximum Gasteiger partial charge on any atom is 0.250 e. The maximum absolute atomic E-state index is 11.9. The first-order valence-electron chi connectivity index (χ1n) is 6.67. The van der Waals surface area contributed by atoms with Crippen molar-refractivity contribution in [2.75, 3.05) is 0 Å². The molecule has 0 aliphatic heterocycles. The number of carbonyl (C=O) groups excluding carboxylic acids is 1. The molecule has 1 heterocycles. The Morgan fingerprint density at radius 3 is 2.67 bits per heavy atom. The zero-order valence-electron chi connectivity index (χ0n) is 12.0. The molecule has 0 spiro atoms. The summed E-state index contributed by atoms with van der Waals surface area (Å²) < 4.78 is 25.3. The Hall–Kier alpha value is -1.86. The minimum Gasteiger partial charge on any atom is -0.361 e. The fourth-order valence-corrected chi connectivity index (χ4v) is 2.63. The van der Waals surface area contributed by atoms with E-state index in [0.29, 0.717) is 0 Å². The lowest BCUT2D eigenvalue weighted by molar-refractivity contribution is -0.120. The van der Waals surface area contributed by atoms with Crippen LogP contribution in [-0.2, 0) is 21.2 Å². The maximum atomic E-state index is 11.9. The van der Waals surface area contributed by atoms with Gasteiger partial charge in [-0.1, -0.05) is 18.2 Å². The molecule has 0 bridgehead atoms. The third-order valence-corrected chi connectivity index (χ3v) is 5.04. The smallest absolute Gasteiger partial charge is 0.250 e. The number of fused-ring (bicyclic) bond motifs is 1. The zero-order valence-corrected chi connectivity index (χ0v) is 12.8. The van der Waals surface area contributed by atoms with Gasteiger partial charge in [0.1, 0.15) is 0 Å². The number of amides is 1. The van der Waals surface area contributed by atoms with Crippen LogP contribution < -0.4 is 10.5 Å². The molecule has 4 N–H and O–H groups in total. The molecule has 7 heteroatoms. The van der Waals surface area contributed by atoms with Crippen LogP contribution in [-0.4, -0.2) is 30.6 Å². The van der Waals surface area contributed by atoms with Gasteiger partial charge in [0.05, 0.1) is 11.3 Å². The summed E-state index contributed by atoms with van der Waals surface area (Å²) in [7, 11) is -3.65. The van der Waals surface area contributed by atoms with Gasteiger partial charge in [0.2, 0.25) is 10.0 Å². The molecule has 0 aliphatic rings. The molecule has 21 heavy (non-hydrogen) atoms. The number of nitrogens with one attached hydrogen (secondary N) is 2. The Morgan fingerprint density at radius 2 is 2.00 bits per heavy atom. The predicted octanol–water partition coefficient (Wildman–Crippen LogP) is 0.892. The SMILES string of the molecule is CC(C)S(=O)(=O)NC(=O)[C@H](N)Cc1c[nH]c2ccccc12. The summed E-state index contributed by atoms with van der Waals surface area (Å²) in [4.78, 5) is 15.0. The second-order valence-corrected chi connectivity index (χ2v) is 7.47. The second-order valence-electron chi connectivity index (χ2n) is 5.23. The van der Waals surface area contributed by atoms with E-state index in [2.05, 4.69) is 4.98 Å². The van der Waals surface area contributed by atoms with Crippen LogP contribution in [0, 0.1) is 0 Å². The van der Waals surface area contributed by atoms with Crippen LogP contribution in [0.3, 0.4) is 0 Å². The number of nitrogens with two attached hydrogens (primary N) is 1. The number of sulfonamides is 1. The number of aromatic amines is 1. The van der Waals surface area contributed by atoms with E-state index in [1.54, 1.807) is 6.20 Å². The third kappa shape index (κ3) is 3.43. The summed E-state index contributed by atoms with van der Waals surface area (Å²) in [5.74, 6) is -0.686. The average Bonchev–Trinajstić information content (AvgIpc) is 2.81. The van der Waals surface area contributed by atoms with Crippen molar-refractivity contribution in [1.82, 2.24) is 9.71 Å². The molecule has 2 aromatic rings. The van der Waals surface area contributed by atoms with Gasteiger partial charge in [0.25, 0.3) is 5.91 Å². The van der Waals surface area contributed by atoms with E-state index >= 15 is 0 Å². The molecule has 2 rings (SSSR count). The Balaban J connectivity index is 2.11. The van der Waals surface area contributed by atoms with Gasteiger partial charge < -0.3 is 10.7 Å². The van der Waals surface area contributed by atoms with Crippen LogP contribution in [0.15, 0.2) is 30.5 Å². The van der Waals surface area contributed by atoms with Crippen LogP contribution >= 0.6 is 0 Å². The zero-order chi connectivity index (χ0) is 15.6. The molecule has 1 atom stereocenters. The van der Waals surface area contributed by atoms with Crippen LogP contribution in [0.2, 0.25) is 0 Å². The molecule has 1 aromatic heterocycles. The lowest BCUT2D eigenvalue weighted by atomic mass is 10.1. The number of aromatic nitrogens is 1. The molecule has 0 aliphatic carbocycles. The normalized spacial score (nSPS) is 13.5. The summed E-state index contributed by atoms with van der Waals surface area (Å²) in [5, 5.41) is 0.300. The molecule has 6 nitrogen and oxygen atoms in total. The number of rotatable bonds is 5. The van der Waals surface area contributed by atoms with Gasteiger partial charge >= 0.3 is 0 Å². The number of hydrogen-bond donors (Lipinski definition) is 3. The fraction of sp³-hybridized carbons (Fsp3) is 0.357. The number of benzene rings is 1. The highest BCUT2D eigenvalue weighted by Gasteiger charge is 2.23. The summed E-state index contributed by atoms with van der Waals surface area (Å²) >= 11 is 0. The lowest BCUT2D eigenvalue weighted by Gasteiger charge is -2.14. The Labute approximate surface area is 123 Å². The molecule has 1 aromatic carbocycles. The molecule has 0 fully saturated rings. The van der Waals surface area contributed by atoms with Crippen molar-refractivity contribution in [3.63, 3.8) is 0 Å². The Kier molecular flexibility index (Phi) is 4.34. The van der Waals surface area contributed by atoms with E-state index in [9.17, 15) is 13.2 Å². The van der Waals surface area contributed by atoms with Crippen molar-refractivity contribution in [2.24, 2.45) is 5.73 Å². The predicted molar refractivity (Wildman–Crippen MR) is 82.2 cm³/mol. The van der Waals surface area contributed by atoms with Gasteiger partial charge in [0, 0.05) is 17.1 Å². The Bertz CT molecular complexity index is 750. The molecule has 0 saturated carbocycles. The second kappa shape index (κ2) is 5.87. The Morgan fingerprint density at radius 1 is 1.33 bits per heavy atom. The van der Waals surface area contributed by atoms with Crippen molar-refractivity contribution in [1.29, 1.82) is 0 Å². The quantitative estimate of drug-likeness (QED) is 0.763. The largest absolute Gasteiger partial charge is 0.361 e. The van der Waals surface area contributed by atoms with Crippen molar-refractivity contribution in [2.45, 2.75) is 31.6 Å². The minimum absolute atomic E-state index is 0.267. The van der Waals surface area contributed by atoms with E-state index in [1.165, 1.54) is 13.8 Å². The first kappa shape index (κ1) is 15.5. The van der Waals surface area contributed by atoms with Crippen molar-refractivity contribution < 1.29 is 13.2 Å². The highest BCUT2D eigenvalue weighted by Crippen LogP contribution is 2.18. The van der Waals surface area contributed by atoms with Crippen molar-refractivity contribution >= 4 is 26.8 Å². The van der Waals surface area contributed by atoms with E-state index in [0.717, 1.165) is 16.5 Å². The molecule has 114 valence electrons. The van der Waals surface area contributed by atoms with Gasteiger partial charge in [-0.2, -0.15) is 0 Å². The monoisotopic (exact) mass is 309 g/mol. The molecule has 0 unspecified atom stereocenters. The van der Waals surface area contributed by atoms with E-state index in [-0.39, 0.29) is 6.42 Å². The summed E-state index contributed by atoms with van der Waals surface area (Å²) in [5.41, 5.74) is 7.65. The third-order valence-electron chi connectivity index (χ3n) is 3.31. The molecular weight excluding hydrogens is 290 g/mol. The average molecular weight is 309 g/mol. The van der Waals surface area contributed by atoms with Gasteiger partial charge in [-0.3, -0.25) is 9.52 Å².